The first kappa shape index (κ1) is 32.0. The number of hydrogen-bond acceptors (Lipinski definition) is 6. The lowest BCUT2D eigenvalue weighted by Crippen LogP contribution is -2.47. The second-order valence-electron chi connectivity index (χ2n) is 12.2. The van der Waals surface area contributed by atoms with Gasteiger partial charge in [-0.15, -0.1) is 0 Å². The van der Waals surface area contributed by atoms with Crippen molar-refractivity contribution in [2.45, 2.75) is 45.4 Å². The molecule has 1 fully saturated rings. The van der Waals surface area contributed by atoms with E-state index in [1.807, 2.05) is 13.0 Å². The van der Waals surface area contributed by atoms with Gasteiger partial charge in [-0.3, -0.25) is 0 Å². The Kier molecular flexibility index (Phi) is 9.47. The van der Waals surface area contributed by atoms with Gasteiger partial charge < -0.3 is 29.4 Å². The molecule has 4 aromatic rings. The second kappa shape index (κ2) is 13.3. The lowest BCUT2D eigenvalue weighted by atomic mass is 10.00. The number of hydrogen-bond donors (Lipinski definition) is 2. The van der Waals surface area contributed by atoms with Gasteiger partial charge in [0.25, 0.3) is 0 Å². The van der Waals surface area contributed by atoms with Gasteiger partial charge in [-0.05, 0) is 25.1 Å². The summed E-state index contributed by atoms with van der Waals surface area (Å²) in [7, 11) is -1.35. The van der Waals surface area contributed by atoms with Crippen molar-refractivity contribution in [2.24, 2.45) is 5.92 Å². The van der Waals surface area contributed by atoms with E-state index in [4.69, 9.17) is 14.2 Å². The number of carbonyl (C=O) groups is 1. The predicted molar refractivity (Wildman–Crippen MR) is 166 cm³/mol. The summed E-state index contributed by atoms with van der Waals surface area (Å²) in [6, 6.07) is 9.60. The Bertz CT molecular complexity index is 1740. The largest absolute Gasteiger partial charge is 0.450 e. The zero-order chi connectivity index (χ0) is 32.3. The van der Waals surface area contributed by atoms with Crippen molar-refractivity contribution in [1.29, 1.82) is 5.26 Å². The molecule has 1 unspecified atom stereocenters. The van der Waals surface area contributed by atoms with Gasteiger partial charge in [0.05, 0.1) is 24.2 Å². The lowest BCUT2D eigenvalue weighted by molar-refractivity contribution is -0.0444. The van der Waals surface area contributed by atoms with Crippen LogP contribution in [0.15, 0.2) is 48.8 Å². The highest BCUT2D eigenvalue weighted by Crippen LogP contribution is 2.41. The van der Waals surface area contributed by atoms with Crippen LogP contribution in [0.3, 0.4) is 0 Å². The molecule has 1 atom stereocenters. The number of nitriles is 1. The molecule has 236 valence electrons. The van der Waals surface area contributed by atoms with Gasteiger partial charge in [-0.1, -0.05) is 31.8 Å². The number of aromatic nitrogens is 2. The van der Waals surface area contributed by atoms with Crippen molar-refractivity contribution in [3.63, 3.8) is 0 Å². The van der Waals surface area contributed by atoms with Crippen LogP contribution in [0.1, 0.15) is 12.5 Å². The maximum absolute atomic E-state index is 15.3. The smallest absolute Gasteiger partial charge is 0.319 e. The lowest BCUT2D eigenvalue weighted by Gasteiger charge is -2.31. The highest BCUT2D eigenvalue weighted by atomic mass is 28.3. The average molecular weight is 638 g/mol. The number of carbonyl (C=O) groups excluding carboxylic acids is 1. The third-order valence-corrected chi connectivity index (χ3v) is 9.26. The minimum atomic E-state index is -1.35. The highest BCUT2D eigenvalue weighted by molar-refractivity contribution is 6.76. The summed E-state index contributed by atoms with van der Waals surface area (Å²) < 4.78 is 63.9. The van der Waals surface area contributed by atoms with Crippen LogP contribution in [0.4, 0.5) is 23.7 Å². The van der Waals surface area contributed by atoms with Crippen LogP contribution in [0, 0.1) is 34.7 Å². The van der Waals surface area contributed by atoms with Gasteiger partial charge >= 0.3 is 6.03 Å². The quantitative estimate of drug-likeness (QED) is 0.132. The first-order valence-electron chi connectivity index (χ1n) is 14.5. The molecule has 2 aromatic heterocycles. The first-order chi connectivity index (χ1) is 21.4. The summed E-state index contributed by atoms with van der Waals surface area (Å²) >= 11 is 0. The van der Waals surface area contributed by atoms with Crippen LogP contribution in [0.25, 0.3) is 22.2 Å². The molecular formula is C32H34F3N5O4Si. The minimum absolute atomic E-state index is 0.0248. The normalized spacial score (nSPS) is 14.1. The summed E-state index contributed by atoms with van der Waals surface area (Å²) in [5.41, 5.74) is 0.684. The molecule has 0 spiro atoms. The monoisotopic (exact) mass is 637 g/mol. The van der Waals surface area contributed by atoms with E-state index in [9.17, 15) is 14.4 Å². The Morgan fingerprint density at radius 1 is 1.16 bits per heavy atom. The van der Waals surface area contributed by atoms with E-state index in [-0.39, 0.29) is 41.3 Å². The number of pyridine rings is 1. The van der Waals surface area contributed by atoms with E-state index < -0.39 is 37.3 Å². The third kappa shape index (κ3) is 7.30. The van der Waals surface area contributed by atoms with E-state index in [1.165, 1.54) is 24.4 Å². The number of rotatable bonds is 11. The number of benzene rings is 2. The number of nitrogens with zero attached hydrogens (tertiary/aromatic N) is 3. The number of urea groups is 1. The van der Waals surface area contributed by atoms with Crippen LogP contribution in [-0.4, -0.2) is 49.5 Å². The third-order valence-electron chi connectivity index (χ3n) is 7.56. The fourth-order valence-corrected chi connectivity index (χ4v) is 5.61. The Morgan fingerprint density at radius 2 is 1.89 bits per heavy atom. The zero-order valence-corrected chi connectivity index (χ0v) is 26.4. The van der Waals surface area contributed by atoms with Crippen LogP contribution >= 0.6 is 0 Å². The second-order valence-corrected chi connectivity index (χ2v) is 17.8. The summed E-state index contributed by atoms with van der Waals surface area (Å²) in [5, 5.41) is 15.2. The maximum atomic E-state index is 15.3. The SMILES string of the molecule is CC(NC(=O)Nc1cc(F)c(Oc2ccnc3c2c(-c2cccc(F)c2C#N)cn3COCC[Si](C)(C)C)c(F)c1)C1COC1. The Morgan fingerprint density at radius 3 is 2.53 bits per heavy atom. The summed E-state index contributed by atoms with van der Waals surface area (Å²) in [5.74, 6) is -3.35. The van der Waals surface area contributed by atoms with Crippen LogP contribution in [0.2, 0.25) is 25.7 Å². The molecule has 0 radical (unpaired) electrons. The van der Waals surface area contributed by atoms with E-state index >= 15 is 8.78 Å². The molecule has 2 aromatic carbocycles. The summed E-state index contributed by atoms with van der Waals surface area (Å²) in [4.78, 5) is 16.9. The molecule has 5 rings (SSSR count). The fraction of sp³-hybridized carbons (Fsp3) is 0.344. The zero-order valence-electron chi connectivity index (χ0n) is 25.4. The molecule has 1 aliphatic heterocycles. The molecule has 1 saturated heterocycles. The molecular weight excluding hydrogens is 603 g/mol. The summed E-state index contributed by atoms with van der Waals surface area (Å²) in [6.45, 7) is 10.2. The molecule has 0 saturated carbocycles. The predicted octanol–water partition coefficient (Wildman–Crippen LogP) is 7.25. The van der Waals surface area contributed by atoms with E-state index in [0.717, 1.165) is 18.2 Å². The van der Waals surface area contributed by atoms with Crippen molar-refractivity contribution in [3.05, 3.63) is 71.8 Å². The molecule has 13 heteroatoms. The van der Waals surface area contributed by atoms with Gasteiger partial charge in [-0.2, -0.15) is 5.26 Å². The standard InChI is InChI=1S/C32H34F3N5O4Si/c1-19(20-16-43-17-20)38-32(41)39-21-12-26(34)30(27(35)13-21)44-28-8-9-37-31-29(28)24(22-6-5-7-25(33)23(22)14-36)15-40(31)18-42-10-11-45(2,3)4/h5-9,12-13,15,19-20H,10-11,16-18H2,1-4H3,(H2,38,39,41). The Hall–Kier alpha value is -4.38. The van der Waals surface area contributed by atoms with Crippen LogP contribution < -0.4 is 15.4 Å². The number of amides is 2. The van der Waals surface area contributed by atoms with Gasteiger partial charge in [0.1, 0.15) is 30.0 Å². The molecule has 0 bridgehead atoms. The highest BCUT2D eigenvalue weighted by Gasteiger charge is 2.27. The molecule has 2 amide bonds. The van der Waals surface area contributed by atoms with E-state index in [1.54, 1.807) is 16.8 Å². The van der Waals surface area contributed by atoms with Crippen molar-refractivity contribution < 1.29 is 32.2 Å². The molecule has 0 aliphatic carbocycles. The number of halogens is 3. The van der Waals surface area contributed by atoms with E-state index in [2.05, 4.69) is 35.3 Å². The van der Waals surface area contributed by atoms with Gasteiger partial charge in [0.2, 0.25) is 0 Å². The van der Waals surface area contributed by atoms with Crippen LogP contribution in [0.5, 0.6) is 11.5 Å². The molecule has 2 N–H and O–H groups in total. The van der Waals surface area contributed by atoms with Crippen molar-refractivity contribution >= 4 is 30.8 Å². The minimum Gasteiger partial charge on any atom is -0.450 e. The first-order valence-corrected chi connectivity index (χ1v) is 18.2. The summed E-state index contributed by atoms with van der Waals surface area (Å²) in [6.07, 6.45) is 3.07. The molecule has 3 heterocycles. The fourth-order valence-electron chi connectivity index (χ4n) is 4.85. The van der Waals surface area contributed by atoms with Crippen LogP contribution in [-0.2, 0) is 16.2 Å². The maximum Gasteiger partial charge on any atom is 0.319 e. The van der Waals surface area contributed by atoms with Gasteiger partial charge in [-0.25, -0.2) is 22.9 Å². The van der Waals surface area contributed by atoms with Gasteiger partial charge in [0.15, 0.2) is 17.4 Å². The Balaban J connectivity index is 1.47. The number of nitrogens with one attached hydrogen (secondary N) is 2. The van der Waals surface area contributed by atoms with Crippen molar-refractivity contribution in [3.8, 4) is 28.7 Å². The number of anilines is 1. The number of ether oxygens (including phenoxy) is 3. The topological polar surface area (TPSA) is 110 Å². The molecule has 1 aliphatic rings. The van der Waals surface area contributed by atoms with Gasteiger partial charge in [0, 0.05) is 68.0 Å². The molecule has 9 nitrogen and oxygen atoms in total. The number of fused-ring (bicyclic) bond motifs is 1. The van der Waals surface area contributed by atoms with Crippen molar-refractivity contribution in [2.75, 3.05) is 25.1 Å². The van der Waals surface area contributed by atoms with E-state index in [0.29, 0.717) is 36.4 Å². The average Bonchev–Trinajstić information content (AvgIpc) is 3.30. The molecule has 45 heavy (non-hydrogen) atoms. The Labute approximate surface area is 259 Å². The van der Waals surface area contributed by atoms with Crippen molar-refractivity contribution in [1.82, 2.24) is 14.9 Å².